The largest absolute Gasteiger partial charge is 0.481 e. The van der Waals surface area contributed by atoms with Crippen molar-refractivity contribution >= 4 is 11.7 Å². The maximum absolute atomic E-state index is 12.7. The maximum atomic E-state index is 12.7. The average molecular weight is 355 g/mol. The number of likely N-dealkylation sites (N-methyl/N-ethyl adjacent to an activating group) is 1. The zero-order chi connectivity index (χ0) is 18.5. The van der Waals surface area contributed by atoms with E-state index in [-0.39, 0.29) is 11.9 Å². The third kappa shape index (κ3) is 4.49. The van der Waals surface area contributed by atoms with Crippen molar-refractivity contribution in [3.63, 3.8) is 0 Å². The summed E-state index contributed by atoms with van der Waals surface area (Å²) in [5, 5.41) is 0. The van der Waals surface area contributed by atoms with Crippen LogP contribution in [0.5, 0.6) is 5.75 Å². The van der Waals surface area contributed by atoms with Crippen molar-refractivity contribution in [3.05, 3.63) is 48.4 Å². The number of rotatable bonds is 6. The third-order valence-electron chi connectivity index (χ3n) is 4.62. The van der Waals surface area contributed by atoms with E-state index in [1.54, 1.807) is 19.2 Å². The number of amides is 1. The molecule has 1 aromatic carbocycles. The smallest absolute Gasteiger partial charge is 0.263 e. The first-order chi connectivity index (χ1) is 12.5. The number of aromatic nitrogens is 2. The molecule has 0 saturated carbocycles. The topological polar surface area (TPSA) is 84.6 Å². The van der Waals surface area contributed by atoms with Gasteiger partial charge in [-0.25, -0.2) is 9.97 Å². The quantitative estimate of drug-likeness (QED) is 0.846. The highest BCUT2D eigenvalue weighted by Gasteiger charge is 2.32. The van der Waals surface area contributed by atoms with E-state index in [1.807, 2.05) is 42.3 Å². The van der Waals surface area contributed by atoms with Gasteiger partial charge >= 0.3 is 0 Å². The first-order valence-corrected chi connectivity index (χ1v) is 8.81. The number of hydrogen-bond donors (Lipinski definition) is 1. The monoisotopic (exact) mass is 355 g/mol. The number of hydrogen-bond acceptors (Lipinski definition) is 6. The van der Waals surface area contributed by atoms with E-state index in [1.165, 1.54) is 0 Å². The van der Waals surface area contributed by atoms with Crippen LogP contribution < -0.4 is 10.5 Å². The molecule has 0 bridgehead atoms. The summed E-state index contributed by atoms with van der Waals surface area (Å²) in [6.45, 7) is 3.81. The zero-order valence-corrected chi connectivity index (χ0v) is 15.2. The molecule has 1 amide bonds. The van der Waals surface area contributed by atoms with Crippen molar-refractivity contribution in [2.45, 2.75) is 32.0 Å². The van der Waals surface area contributed by atoms with Gasteiger partial charge in [0, 0.05) is 25.3 Å². The van der Waals surface area contributed by atoms with Gasteiger partial charge in [0.2, 0.25) is 0 Å². The number of carbonyl (C=O) groups is 1. The normalized spacial score (nSPS) is 18.1. The van der Waals surface area contributed by atoms with Crippen LogP contribution in [0.4, 0.5) is 5.82 Å². The van der Waals surface area contributed by atoms with Crippen LogP contribution >= 0.6 is 0 Å². The highest BCUT2D eigenvalue weighted by atomic mass is 16.5. The molecule has 3 rings (SSSR count). The molecule has 1 aromatic heterocycles. The van der Waals surface area contributed by atoms with Crippen molar-refractivity contribution < 1.29 is 9.53 Å². The first-order valence-electron chi connectivity index (χ1n) is 8.81. The maximum Gasteiger partial charge on any atom is 0.263 e. The summed E-state index contributed by atoms with van der Waals surface area (Å²) in [4.78, 5) is 25.2. The molecule has 0 unspecified atom stereocenters. The molecule has 0 spiro atoms. The second-order valence-corrected chi connectivity index (χ2v) is 6.61. The Kier molecular flexibility index (Phi) is 5.68. The Hall–Kier alpha value is -2.67. The fraction of sp³-hybridized carbons (Fsp3) is 0.421. The van der Waals surface area contributed by atoms with Crippen molar-refractivity contribution in [2.24, 2.45) is 0 Å². The van der Waals surface area contributed by atoms with E-state index in [0.29, 0.717) is 30.5 Å². The molecule has 0 aliphatic carbocycles. The van der Waals surface area contributed by atoms with Crippen LogP contribution in [0, 0.1) is 0 Å². The minimum absolute atomic E-state index is 0.0185. The number of para-hydroxylation sites is 1. The summed E-state index contributed by atoms with van der Waals surface area (Å²) in [5.74, 6) is 1.89. The Balaban J connectivity index is 1.53. The number of benzene rings is 1. The predicted octanol–water partition coefficient (Wildman–Crippen LogP) is 1.56. The van der Waals surface area contributed by atoms with Crippen LogP contribution in [0.25, 0.3) is 0 Å². The molecule has 1 aliphatic rings. The number of anilines is 1. The van der Waals surface area contributed by atoms with Gasteiger partial charge in [-0.05, 0) is 38.6 Å². The fourth-order valence-electron chi connectivity index (χ4n) is 3.16. The Morgan fingerprint density at radius 2 is 2.15 bits per heavy atom. The van der Waals surface area contributed by atoms with E-state index in [0.717, 1.165) is 13.0 Å². The number of nitrogens with zero attached hydrogens (tertiary/aromatic N) is 4. The average Bonchev–Trinajstić information content (AvgIpc) is 3.12. The summed E-state index contributed by atoms with van der Waals surface area (Å²) in [6.07, 6.45) is 2.08. The molecule has 0 radical (unpaired) electrons. The molecule has 7 nitrogen and oxygen atoms in total. The van der Waals surface area contributed by atoms with E-state index >= 15 is 0 Å². The Bertz CT molecular complexity index is 740. The number of likely N-dealkylation sites (tertiary alicyclic amines) is 1. The van der Waals surface area contributed by atoms with Crippen molar-refractivity contribution in [3.8, 4) is 5.75 Å². The van der Waals surface area contributed by atoms with Gasteiger partial charge in [0.05, 0.1) is 6.54 Å². The number of ether oxygens (including phenoxy) is 1. The highest BCUT2D eigenvalue weighted by molar-refractivity contribution is 5.81. The van der Waals surface area contributed by atoms with Crippen LogP contribution in [-0.2, 0) is 11.3 Å². The summed E-state index contributed by atoms with van der Waals surface area (Å²) in [6, 6.07) is 11.4. The van der Waals surface area contributed by atoms with Gasteiger partial charge in [-0.3, -0.25) is 9.69 Å². The predicted molar refractivity (Wildman–Crippen MR) is 99.4 cm³/mol. The standard InChI is InChI=1S/C19H25N5O2/c1-14(26-16-6-4-3-5-7-16)19(25)24-11-9-15(12-24)23(2)13-18-21-10-8-17(20)22-18/h3-8,10,14-15H,9,11-13H2,1-2H3,(H2,20,21,22)/t14-,15-/m0/s1. The summed E-state index contributed by atoms with van der Waals surface area (Å²) in [5.41, 5.74) is 5.71. The molecule has 2 aromatic rings. The van der Waals surface area contributed by atoms with Gasteiger partial charge in [-0.1, -0.05) is 18.2 Å². The third-order valence-corrected chi connectivity index (χ3v) is 4.62. The molecule has 1 aliphatic heterocycles. The Morgan fingerprint density at radius 1 is 1.38 bits per heavy atom. The number of nitrogens with two attached hydrogens (primary N) is 1. The van der Waals surface area contributed by atoms with Crippen molar-refractivity contribution in [2.75, 3.05) is 25.9 Å². The minimum atomic E-state index is -0.501. The molecule has 2 heterocycles. The first kappa shape index (κ1) is 18.1. The molecular weight excluding hydrogens is 330 g/mol. The van der Waals surface area contributed by atoms with Gasteiger partial charge < -0.3 is 15.4 Å². The lowest BCUT2D eigenvalue weighted by molar-refractivity contribution is -0.137. The van der Waals surface area contributed by atoms with Crippen LogP contribution in [0.3, 0.4) is 0 Å². The zero-order valence-electron chi connectivity index (χ0n) is 15.2. The minimum Gasteiger partial charge on any atom is -0.481 e. The fourth-order valence-corrected chi connectivity index (χ4v) is 3.16. The van der Waals surface area contributed by atoms with Crippen molar-refractivity contribution in [1.82, 2.24) is 19.8 Å². The lowest BCUT2D eigenvalue weighted by Crippen LogP contribution is -2.41. The summed E-state index contributed by atoms with van der Waals surface area (Å²) < 4.78 is 5.75. The van der Waals surface area contributed by atoms with E-state index in [4.69, 9.17) is 10.5 Å². The van der Waals surface area contributed by atoms with Gasteiger partial charge in [0.1, 0.15) is 17.4 Å². The van der Waals surface area contributed by atoms with Crippen LogP contribution in [-0.4, -0.2) is 58.0 Å². The molecule has 1 saturated heterocycles. The molecule has 26 heavy (non-hydrogen) atoms. The molecule has 1 fully saturated rings. The van der Waals surface area contributed by atoms with E-state index in [2.05, 4.69) is 14.9 Å². The highest BCUT2D eigenvalue weighted by Crippen LogP contribution is 2.19. The van der Waals surface area contributed by atoms with Gasteiger partial charge in [-0.2, -0.15) is 0 Å². The summed E-state index contributed by atoms with van der Waals surface area (Å²) >= 11 is 0. The van der Waals surface area contributed by atoms with Crippen molar-refractivity contribution in [1.29, 1.82) is 0 Å². The SMILES string of the molecule is C[C@H](Oc1ccccc1)C(=O)N1CC[C@H](N(C)Cc2nccc(N)n2)C1. The summed E-state index contributed by atoms with van der Waals surface area (Å²) in [7, 11) is 2.02. The Morgan fingerprint density at radius 3 is 2.88 bits per heavy atom. The van der Waals surface area contributed by atoms with Gasteiger partial charge in [-0.15, -0.1) is 0 Å². The number of nitrogen functional groups attached to an aromatic ring is 1. The lowest BCUT2D eigenvalue weighted by atomic mass is 10.2. The van der Waals surface area contributed by atoms with Crippen LogP contribution in [0.2, 0.25) is 0 Å². The lowest BCUT2D eigenvalue weighted by Gasteiger charge is -2.25. The molecule has 2 atom stereocenters. The Labute approximate surface area is 153 Å². The molecule has 7 heteroatoms. The second-order valence-electron chi connectivity index (χ2n) is 6.61. The molecule has 138 valence electrons. The van der Waals surface area contributed by atoms with Crippen LogP contribution in [0.15, 0.2) is 42.6 Å². The van der Waals surface area contributed by atoms with Gasteiger partial charge in [0.25, 0.3) is 5.91 Å². The number of carbonyl (C=O) groups excluding carboxylic acids is 1. The van der Waals surface area contributed by atoms with Crippen LogP contribution in [0.1, 0.15) is 19.2 Å². The van der Waals surface area contributed by atoms with E-state index in [9.17, 15) is 4.79 Å². The van der Waals surface area contributed by atoms with Gasteiger partial charge in [0.15, 0.2) is 6.10 Å². The van der Waals surface area contributed by atoms with E-state index < -0.39 is 6.10 Å². The molecular formula is C19H25N5O2. The second kappa shape index (κ2) is 8.14. The molecule has 2 N–H and O–H groups in total.